The van der Waals surface area contributed by atoms with Crippen LogP contribution < -0.4 is 10.1 Å². The summed E-state index contributed by atoms with van der Waals surface area (Å²) in [6.07, 6.45) is -4.36. The molecule has 17 heavy (non-hydrogen) atoms. The summed E-state index contributed by atoms with van der Waals surface area (Å²) in [7, 11) is 0. The number of nitrogens with one attached hydrogen (secondary N) is 1. The molecule has 0 heterocycles. The zero-order valence-corrected chi connectivity index (χ0v) is 10.1. The Balaban J connectivity index is 2.53. The van der Waals surface area contributed by atoms with E-state index in [9.17, 15) is 18.0 Å². The number of hydrogen-bond donors (Lipinski definition) is 1. The molecule has 0 bridgehead atoms. The standard InChI is InChI=1S/C10H9BrF3NO2/c11-5-9(16)15-7-1-3-8(4-2-7)17-6-10(12,13)14/h1-4H,5-6H2,(H,15,16). The van der Waals surface area contributed by atoms with E-state index in [2.05, 4.69) is 26.0 Å². The minimum absolute atomic E-state index is 0.0965. The highest BCUT2D eigenvalue weighted by Crippen LogP contribution is 2.20. The van der Waals surface area contributed by atoms with Gasteiger partial charge in [-0.15, -0.1) is 0 Å². The minimum atomic E-state index is -4.36. The maximum absolute atomic E-state index is 11.9. The summed E-state index contributed by atoms with van der Waals surface area (Å²) in [5, 5.41) is 2.68. The van der Waals surface area contributed by atoms with Crippen LogP contribution in [0.2, 0.25) is 0 Å². The van der Waals surface area contributed by atoms with Crippen LogP contribution in [0.5, 0.6) is 5.75 Å². The summed E-state index contributed by atoms with van der Waals surface area (Å²) in [6, 6.07) is 5.64. The van der Waals surface area contributed by atoms with Gasteiger partial charge in [0.15, 0.2) is 6.61 Å². The van der Waals surface area contributed by atoms with E-state index in [-0.39, 0.29) is 17.0 Å². The molecule has 0 aromatic heterocycles. The molecule has 0 aliphatic heterocycles. The smallest absolute Gasteiger partial charge is 0.422 e. The lowest BCUT2D eigenvalue weighted by atomic mass is 10.3. The molecule has 1 aromatic carbocycles. The van der Waals surface area contributed by atoms with Gasteiger partial charge in [-0.1, -0.05) is 15.9 Å². The highest BCUT2D eigenvalue weighted by Gasteiger charge is 2.28. The molecule has 0 fully saturated rings. The lowest BCUT2D eigenvalue weighted by Gasteiger charge is -2.09. The molecule has 1 N–H and O–H groups in total. The third-order valence-corrected chi connectivity index (χ3v) is 2.17. The summed E-state index contributed by atoms with van der Waals surface area (Å²) in [5.41, 5.74) is 0.494. The number of halogens is 4. The first-order valence-corrected chi connectivity index (χ1v) is 5.68. The van der Waals surface area contributed by atoms with Crippen LogP contribution in [0.3, 0.4) is 0 Å². The predicted molar refractivity (Wildman–Crippen MR) is 60.4 cm³/mol. The van der Waals surface area contributed by atoms with E-state index >= 15 is 0 Å². The maximum atomic E-state index is 11.9. The Kier molecular flexibility index (Phi) is 4.80. The van der Waals surface area contributed by atoms with Crippen molar-refractivity contribution in [3.63, 3.8) is 0 Å². The monoisotopic (exact) mass is 311 g/mol. The molecular weight excluding hydrogens is 303 g/mol. The molecule has 0 spiro atoms. The molecule has 94 valence electrons. The van der Waals surface area contributed by atoms with Crippen molar-refractivity contribution in [1.29, 1.82) is 0 Å². The SMILES string of the molecule is O=C(CBr)Nc1ccc(OCC(F)(F)F)cc1. The topological polar surface area (TPSA) is 38.3 Å². The molecule has 1 aromatic rings. The van der Waals surface area contributed by atoms with Gasteiger partial charge in [-0.05, 0) is 24.3 Å². The van der Waals surface area contributed by atoms with Crippen molar-refractivity contribution in [3.8, 4) is 5.75 Å². The summed E-state index contributed by atoms with van der Waals surface area (Å²) in [4.78, 5) is 11.0. The Morgan fingerprint density at radius 1 is 1.29 bits per heavy atom. The first-order chi connectivity index (χ1) is 7.90. The molecular formula is C10H9BrF3NO2. The number of amides is 1. The Labute approximate surface area is 104 Å². The molecule has 0 aliphatic rings. The van der Waals surface area contributed by atoms with E-state index < -0.39 is 12.8 Å². The van der Waals surface area contributed by atoms with Crippen LogP contribution in [-0.2, 0) is 4.79 Å². The third kappa shape index (κ3) is 5.58. The van der Waals surface area contributed by atoms with Gasteiger partial charge in [-0.25, -0.2) is 0 Å². The van der Waals surface area contributed by atoms with Crippen LogP contribution in [0.4, 0.5) is 18.9 Å². The molecule has 1 rings (SSSR count). The fourth-order valence-electron chi connectivity index (χ4n) is 0.994. The number of ether oxygens (including phenoxy) is 1. The zero-order valence-electron chi connectivity index (χ0n) is 8.55. The highest BCUT2D eigenvalue weighted by atomic mass is 79.9. The van der Waals surface area contributed by atoms with Gasteiger partial charge in [0.25, 0.3) is 0 Å². The maximum Gasteiger partial charge on any atom is 0.422 e. The van der Waals surface area contributed by atoms with Crippen LogP contribution in [0.1, 0.15) is 0 Å². The van der Waals surface area contributed by atoms with Crippen molar-refractivity contribution >= 4 is 27.5 Å². The number of benzene rings is 1. The van der Waals surface area contributed by atoms with Gasteiger partial charge in [0.05, 0.1) is 5.33 Å². The lowest BCUT2D eigenvalue weighted by molar-refractivity contribution is -0.153. The Morgan fingerprint density at radius 2 is 1.88 bits per heavy atom. The van der Waals surface area contributed by atoms with Crippen molar-refractivity contribution in [3.05, 3.63) is 24.3 Å². The van der Waals surface area contributed by atoms with Gasteiger partial charge in [0, 0.05) is 5.69 Å². The lowest BCUT2D eigenvalue weighted by Crippen LogP contribution is -2.19. The average Bonchev–Trinajstić information content (AvgIpc) is 2.27. The molecule has 3 nitrogen and oxygen atoms in total. The van der Waals surface area contributed by atoms with E-state index in [4.69, 9.17) is 0 Å². The van der Waals surface area contributed by atoms with Crippen molar-refractivity contribution in [2.45, 2.75) is 6.18 Å². The van der Waals surface area contributed by atoms with Gasteiger partial charge >= 0.3 is 6.18 Å². The second-order valence-electron chi connectivity index (χ2n) is 3.11. The molecule has 0 aliphatic carbocycles. The van der Waals surface area contributed by atoms with Crippen LogP contribution in [0.15, 0.2) is 24.3 Å². The summed E-state index contributed by atoms with van der Waals surface area (Å²) < 4.78 is 40.1. The second-order valence-corrected chi connectivity index (χ2v) is 3.67. The minimum Gasteiger partial charge on any atom is -0.484 e. The van der Waals surface area contributed by atoms with Crippen LogP contribution in [0.25, 0.3) is 0 Å². The summed E-state index contributed by atoms with van der Waals surface area (Å²) in [6.45, 7) is -1.33. The van der Waals surface area contributed by atoms with Gasteiger partial charge in [0.2, 0.25) is 5.91 Å². The predicted octanol–water partition coefficient (Wildman–Crippen LogP) is 2.96. The average molecular weight is 312 g/mol. The van der Waals surface area contributed by atoms with E-state index in [1.807, 2.05) is 0 Å². The van der Waals surface area contributed by atoms with Crippen LogP contribution in [-0.4, -0.2) is 24.0 Å². The first-order valence-electron chi connectivity index (χ1n) is 4.56. The second kappa shape index (κ2) is 5.90. The van der Waals surface area contributed by atoms with Gasteiger partial charge in [-0.2, -0.15) is 13.2 Å². The van der Waals surface area contributed by atoms with Crippen molar-refractivity contribution in [1.82, 2.24) is 0 Å². The van der Waals surface area contributed by atoms with E-state index in [0.717, 1.165) is 0 Å². The quantitative estimate of drug-likeness (QED) is 0.868. The van der Waals surface area contributed by atoms with E-state index in [1.54, 1.807) is 0 Å². The number of alkyl halides is 4. The molecule has 0 atom stereocenters. The number of rotatable bonds is 4. The van der Waals surface area contributed by atoms with Gasteiger partial charge in [0.1, 0.15) is 5.75 Å². The van der Waals surface area contributed by atoms with Gasteiger partial charge in [-0.3, -0.25) is 4.79 Å². The highest BCUT2D eigenvalue weighted by molar-refractivity contribution is 9.09. The largest absolute Gasteiger partial charge is 0.484 e. The first kappa shape index (κ1) is 13.8. The van der Waals surface area contributed by atoms with Crippen molar-refractivity contribution < 1.29 is 22.7 Å². The number of anilines is 1. The molecule has 7 heteroatoms. The third-order valence-electron chi connectivity index (χ3n) is 1.66. The van der Waals surface area contributed by atoms with E-state index in [1.165, 1.54) is 24.3 Å². The number of carbonyl (C=O) groups is 1. The van der Waals surface area contributed by atoms with Crippen molar-refractivity contribution in [2.75, 3.05) is 17.3 Å². The molecule has 0 unspecified atom stereocenters. The summed E-state index contributed by atoms with van der Waals surface area (Å²) in [5.74, 6) is -0.145. The van der Waals surface area contributed by atoms with Crippen LogP contribution in [0, 0.1) is 0 Å². The Morgan fingerprint density at radius 3 is 2.35 bits per heavy atom. The molecule has 0 saturated carbocycles. The van der Waals surface area contributed by atoms with Crippen molar-refractivity contribution in [2.24, 2.45) is 0 Å². The van der Waals surface area contributed by atoms with E-state index in [0.29, 0.717) is 5.69 Å². The number of hydrogen-bond acceptors (Lipinski definition) is 2. The number of carbonyl (C=O) groups excluding carboxylic acids is 1. The van der Waals surface area contributed by atoms with Gasteiger partial charge < -0.3 is 10.1 Å². The molecule has 0 radical (unpaired) electrons. The summed E-state index contributed by atoms with van der Waals surface area (Å²) >= 11 is 2.97. The zero-order chi connectivity index (χ0) is 12.9. The molecule has 0 saturated heterocycles. The fourth-order valence-corrected chi connectivity index (χ4v) is 1.13. The Bertz CT molecular complexity index is 378. The Hall–Kier alpha value is -1.24. The fraction of sp³-hybridized carbons (Fsp3) is 0.300. The normalized spacial score (nSPS) is 11.1. The molecule has 1 amide bonds. The van der Waals surface area contributed by atoms with Crippen LogP contribution >= 0.6 is 15.9 Å².